The molecule has 1 atom stereocenters. The Balaban J connectivity index is 2.45. The first-order valence-corrected chi connectivity index (χ1v) is 6.84. The van der Waals surface area contributed by atoms with E-state index in [2.05, 4.69) is 10.3 Å². The number of hydrogen-bond acceptors (Lipinski definition) is 2. The predicted molar refractivity (Wildman–Crippen MR) is 77.7 cm³/mol. The second-order valence-electron chi connectivity index (χ2n) is 4.29. The molecule has 1 aromatic carbocycles. The average Bonchev–Trinajstić information content (AvgIpc) is 2.74. The largest absolute Gasteiger partial charge is 0.359 e. The summed E-state index contributed by atoms with van der Waals surface area (Å²) in [6, 6.07) is 5.50. The summed E-state index contributed by atoms with van der Waals surface area (Å²) in [6.07, 6.45) is 0.380. The Labute approximate surface area is 121 Å². The molecule has 0 aliphatic rings. The lowest BCUT2D eigenvalue weighted by atomic mass is 10.3. The van der Waals surface area contributed by atoms with Crippen LogP contribution in [0.3, 0.4) is 0 Å². The number of nitrogens with zero attached hydrogens (tertiary/aromatic N) is 2. The van der Waals surface area contributed by atoms with E-state index in [1.54, 1.807) is 13.1 Å². The molecule has 0 spiro atoms. The highest BCUT2D eigenvalue weighted by molar-refractivity contribution is 6.31. The zero-order chi connectivity index (χ0) is 14.0. The highest BCUT2D eigenvalue weighted by Gasteiger charge is 2.15. The minimum Gasteiger partial charge on any atom is -0.359 e. The van der Waals surface area contributed by atoms with Crippen LogP contribution in [0.5, 0.6) is 0 Å². The molecule has 1 aromatic heterocycles. The van der Waals surface area contributed by atoms with E-state index in [4.69, 9.17) is 23.2 Å². The fourth-order valence-corrected chi connectivity index (χ4v) is 2.32. The molecule has 0 saturated heterocycles. The highest BCUT2D eigenvalue weighted by atomic mass is 35.5. The second kappa shape index (κ2) is 5.80. The number of rotatable bonds is 4. The maximum atomic E-state index is 11.4. The number of fused-ring (bicyclic) bond motifs is 1. The van der Waals surface area contributed by atoms with Crippen molar-refractivity contribution < 1.29 is 4.79 Å². The number of alkyl halides is 1. The van der Waals surface area contributed by atoms with E-state index in [-0.39, 0.29) is 11.3 Å². The van der Waals surface area contributed by atoms with E-state index >= 15 is 0 Å². The lowest BCUT2D eigenvalue weighted by Gasteiger charge is -2.10. The number of benzene rings is 1. The van der Waals surface area contributed by atoms with Gasteiger partial charge in [-0.2, -0.15) is 0 Å². The van der Waals surface area contributed by atoms with E-state index in [1.165, 1.54) is 0 Å². The zero-order valence-corrected chi connectivity index (χ0v) is 12.3. The number of aromatic nitrogens is 2. The normalized spacial score (nSPS) is 12.6. The highest BCUT2D eigenvalue weighted by Crippen LogP contribution is 2.26. The van der Waals surface area contributed by atoms with Gasteiger partial charge in [-0.15, -0.1) is 11.6 Å². The lowest BCUT2D eigenvalue weighted by molar-refractivity contribution is -0.120. The van der Waals surface area contributed by atoms with Gasteiger partial charge in [-0.1, -0.05) is 11.6 Å². The van der Waals surface area contributed by atoms with Gasteiger partial charge in [0, 0.05) is 25.0 Å². The van der Waals surface area contributed by atoms with Crippen LogP contribution in [0.1, 0.15) is 24.5 Å². The standard InChI is InChI=1S/C13H15Cl2N3O/c1-8(14)13-17-10-4-3-9(15)7-11(10)18(13)6-5-12(19)16-2/h3-4,7-8H,5-6H2,1-2H3,(H,16,19). The van der Waals surface area contributed by atoms with Crippen LogP contribution in [0.2, 0.25) is 5.02 Å². The summed E-state index contributed by atoms with van der Waals surface area (Å²) in [6.45, 7) is 2.39. The van der Waals surface area contributed by atoms with Gasteiger partial charge < -0.3 is 9.88 Å². The van der Waals surface area contributed by atoms with Crippen molar-refractivity contribution in [3.63, 3.8) is 0 Å². The number of carbonyl (C=O) groups is 1. The van der Waals surface area contributed by atoms with Crippen LogP contribution in [0, 0.1) is 0 Å². The molecule has 102 valence electrons. The number of halogens is 2. The number of amides is 1. The first kappa shape index (κ1) is 14.2. The molecule has 0 bridgehead atoms. The summed E-state index contributed by atoms with van der Waals surface area (Å²) in [7, 11) is 1.62. The van der Waals surface area contributed by atoms with Gasteiger partial charge in [-0.05, 0) is 25.1 Å². The van der Waals surface area contributed by atoms with Gasteiger partial charge in [-0.25, -0.2) is 4.98 Å². The van der Waals surface area contributed by atoms with E-state index in [1.807, 2.05) is 23.6 Å². The van der Waals surface area contributed by atoms with Crippen molar-refractivity contribution in [2.45, 2.75) is 25.3 Å². The molecule has 1 heterocycles. The molecule has 1 unspecified atom stereocenters. The van der Waals surface area contributed by atoms with E-state index in [9.17, 15) is 4.79 Å². The molecule has 0 aliphatic heterocycles. The molecule has 0 saturated carbocycles. The Hall–Kier alpha value is -1.26. The monoisotopic (exact) mass is 299 g/mol. The molecule has 0 aliphatic carbocycles. The Bertz CT molecular complexity index is 607. The molecular formula is C13H15Cl2N3O. The predicted octanol–water partition coefficient (Wildman–Crippen LogP) is 3.13. The van der Waals surface area contributed by atoms with E-state index < -0.39 is 0 Å². The van der Waals surface area contributed by atoms with Gasteiger partial charge in [0.1, 0.15) is 5.82 Å². The van der Waals surface area contributed by atoms with Gasteiger partial charge >= 0.3 is 0 Å². The lowest BCUT2D eigenvalue weighted by Crippen LogP contribution is -2.20. The number of carbonyl (C=O) groups excluding carboxylic acids is 1. The number of hydrogen-bond donors (Lipinski definition) is 1. The second-order valence-corrected chi connectivity index (χ2v) is 5.38. The van der Waals surface area contributed by atoms with Crippen molar-refractivity contribution in [2.24, 2.45) is 0 Å². The topological polar surface area (TPSA) is 46.9 Å². The van der Waals surface area contributed by atoms with Crippen molar-refractivity contribution in [1.82, 2.24) is 14.9 Å². The van der Waals surface area contributed by atoms with Crippen LogP contribution in [-0.2, 0) is 11.3 Å². The molecule has 2 aromatic rings. The van der Waals surface area contributed by atoms with Crippen LogP contribution >= 0.6 is 23.2 Å². The quantitative estimate of drug-likeness (QED) is 0.882. The Morgan fingerprint density at radius 3 is 2.89 bits per heavy atom. The molecule has 1 amide bonds. The van der Waals surface area contributed by atoms with Crippen LogP contribution in [0.4, 0.5) is 0 Å². The number of nitrogens with one attached hydrogen (secondary N) is 1. The molecule has 19 heavy (non-hydrogen) atoms. The summed E-state index contributed by atoms with van der Waals surface area (Å²) in [5.41, 5.74) is 1.74. The maximum Gasteiger partial charge on any atom is 0.221 e. The zero-order valence-electron chi connectivity index (χ0n) is 10.8. The Morgan fingerprint density at radius 2 is 2.26 bits per heavy atom. The van der Waals surface area contributed by atoms with Gasteiger partial charge in [0.05, 0.1) is 16.4 Å². The molecular weight excluding hydrogens is 285 g/mol. The van der Waals surface area contributed by atoms with Gasteiger partial charge in [0.25, 0.3) is 0 Å². The maximum absolute atomic E-state index is 11.4. The molecule has 0 fully saturated rings. The summed E-state index contributed by atoms with van der Waals surface area (Å²) in [5, 5.41) is 3.02. The van der Waals surface area contributed by atoms with Crippen LogP contribution in [0.25, 0.3) is 11.0 Å². The number of aryl methyl sites for hydroxylation is 1. The number of imidazole rings is 1. The fraction of sp³-hybridized carbons (Fsp3) is 0.385. The third-order valence-corrected chi connectivity index (χ3v) is 3.37. The summed E-state index contributed by atoms with van der Waals surface area (Å²) >= 11 is 12.2. The van der Waals surface area contributed by atoms with Crippen molar-refractivity contribution in [1.29, 1.82) is 0 Å². The smallest absolute Gasteiger partial charge is 0.221 e. The van der Waals surface area contributed by atoms with Gasteiger partial charge in [-0.3, -0.25) is 4.79 Å². The van der Waals surface area contributed by atoms with Crippen molar-refractivity contribution in [3.8, 4) is 0 Å². The van der Waals surface area contributed by atoms with E-state index in [0.29, 0.717) is 18.0 Å². The third kappa shape index (κ3) is 3.01. The summed E-state index contributed by atoms with van der Waals surface area (Å²) in [4.78, 5) is 15.9. The fourth-order valence-electron chi connectivity index (χ4n) is 1.99. The van der Waals surface area contributed by atoms with E-state index in [0.717, 1.165) is 16.9 Å². The first-order chi connectivity index (χ1) is 9.02. The van der Waals surface area contributed by atoms with Gasteiger partial charge in [0.15, 0.2) is 0 Å². The summed E-state index contributed by atoms with van der Waals surface area (Å²) in [5.74, 6) is 0.736. The SMILES string of the molecule is CNC(=O)CCn1c(C(C)Cl)nc2ccc(Cl)cc21. The first-order valence-electron chi connectivity index (χ1n) is 6.03. The molecule has 0 radical (unpaired) electrons. The minimum atomic E-state index is -0.226. The molecule has 6 heteroatoms. The Morgan fingerprint density at radius 1 is 1.53 bits per heavy atom. The average molecular weight is 300 g/mol. The third-order valence-electron chi connectivity index (χ3n) is 2.94. The van der Waals surface area contributed by atoms with Crippen LogP contribution in [-0.4, -0.2) is 22.5 Å². The minimum absolute atomic E-state index is 0.0166. The van der Waals surface area contributed by atoms with Crippen LogP contribution < -0.4 is 5.32 Å². The Kier molecular flexibility index (Phi) is 4.32. The molecule has 4 nitrogen and oxygen atoms in total. The van der Waals surface area contributed by atoms with Crippen molar-refractivity contribution in [3.05, 3.63) is 29.0 Å². The van der Waals surface area contributed by atoms with Crippen LogP contribution in [0.15, 0.2) is 18.2 Å². The van der Waals surface area contributed by atoms with Crippen molar-refractivity contribution >= 4 is 40.1 Å². The summed E-state index contributed by atoms with van der Waals surface area (Å²) < 4.78 is 1.95. The molecule has 2 rings (SSSR count). The van der Waals surface area contributed by atoms with Crippen molar-refractivity contribution in [2.75, 3.05) is 7.05 Å². The van der Waals surface area contributed by atoms with Gasteiger partial charge in [0.2, 0.25) is 5.91 Å². The molecule has 1 N–H and O–H groups in total.